The number of rotatable bonds is 5. The quantitative estimate of drug-likeness (QED) is 0.660. The molecule has 1 saturated heterocycles. The Hall–Kier alpha value is -1.73. The molecule has 20 heavy (non-hydrogen) atoms. The third kappa shape index (κ3) is 3.64. The van der Waals surface area contributed by atoms with Gasteiger partial charge < -0.3 is 10.1 Å². The van der Waals surface area contributed by atoms with Crippen LogP contribution in [0.3, 0.4) is 0 Å². The van der Waals surface area contributed by atoms with Gasteiger partial charge in [0, 0.05) is 25.7 Å². The number of morpholine rings is 1. The number of likely N-dealkylation sites (N-methyl/N-ethyl adjacent to an activating group) is 1. The van der Waals surface area contributed by atoms with E-state index >= 15 is 0 Å². The molecular formula is C13H18FN3O3. The van der Waals surface area contributed by atoms with E-state index in [1.165, 1.54) is 12.1 Å². The van der Waals surface area contributed by atoms with E-state index in [4.69, 9.17) is 4.74 Å². The van der Waals surface area contributed by atoms with Crippen LogP contribution in [0.4, 0.5) is 15.8 Å². The molecule has 1 N–H and O–H groups in total. The largest absolute Gasteiger partial charge is 0.380 e. The van der Waals surface area contributed by atoms with Gasteiger partial charge in [-0.1, -0.05) is 6.92 Å². The number of nitro benzene ring substituents is 1. The predicted octanol–water partition coefficient (Wildman–Crippen LogP) is 1.87. The summed E-state index contributed by atoms with van der Waals surface area (Å²) >= 11 is 0. The minimum absolute atomic E-state index is 0.00158. The summed E-state index contributed by atoms with van der Waals surface area (Å²) in [6, 6.07) is 3.59. The highest BCUT2D eigenvalue weighted by Crippen LogP contribution is 2.20. The summed E-state index contributed by atoms with van der Waals surface area (Å²) in [5.41, 5.74) is 0.00643. The van der Waals surface area contributed by atoms with Crippen molar-refractivity contribution in [1.82, 2.24) is 4.90 Å². The molecular weight excluding hydrogens is 265 g/mol. The van der Waals surface area contributed by atoms with E-state index in [0.29, 0.717) is 13.2 Å². The fourth-order valence-electron chi connectivity index (χ4n) is 2.18. The van der Waals surface area contributed by atoms with Crippen molar-refractivity contribution in [2.24, 2.45) is 0 Å². The molecule has 6 nitrogen and oxygen atoms in total. The lowest BCUT2D eigenvalue weighted by Gasteiger charge is -2.32. The summed E-state index contributed by atoms with van der Waals surface area (Å²) in [7, 11) is 0. The van der Waals surface area contributed by atoms with Crippen LogP contribution in [0.25, 0.3) is 0 Å². The number of hydrogen-bond acceptors (Lipinski definition) is 5. The van der Waals surface area contributed by atoms with Crippen LogP contribution in [0.5, 0.6) is 0 Å². The second-order valence-corrected chi connectivity index (χ2v) is 4.69. The molecule has 0 saturated carbocycles. The first-order valence-electron chi connectivity index (χ1n) is 6.62. The smallest absolute Gasteiger partial charge is 0.272 e. The first-order chi connectivity index (χ1) is 9.60. The first kappa shape index (κ1) is 14.7. The molecule has 7 heteroatoms. The van der Waals surface area contributed by atoms with Gasteiger partial charge in [0.1, 0.15) is 0 Å². The van der Waals surface area contributed by atoms with Crippen LogP contribution >= 0.6 is 0 Å². The Morgan fingerprint density at radius 1 is 1.60 bits per heavy atom. The van der Waals surface area contributed by atoms with Crippen molar-refractivity contribution >= 4 is 11.4 Å². The summed E-state index contributed by atoms with van der Waals surface area (Å²) in [4.78, 5) is 12.2. The summed E-state index contributed by atoms with van der Waals surface area (Å²) in [6.45, 7) is 5.92. The number of nitrogens with one attached hydrogen (secondary N) is 1. The molecule has 1 aromatic carbocycles. The summed E-state index contributed by atoms with van der Waals surface area (Å²) in [5.74, 6) is -0.623. The van der Waals surface area contributed by atoms with Gasteiger partial charge in [0.2, 0.25) is 0 Å². The third-order valence-electron chi connectivity index (χ3n) is 3.35. The number of nitro groups is 1. The Kier molecular flexibility index (Phi) is 4.86. The SMILES string of the molecule is CCN1CCOC(CNc2ccc([N+](=O)[O-])cc2F)C1. The minimum atomic E-state index is -0.623. The van der Waals surface area contributed by atoms with E-state index in [1.807, 2.05) is 0 Å². The first-order valence-corrected chi connectivity index (χ1v) is 6.62. The van der Waals surface area contributed by atoms with E-state index in [0.717, 1.165) is 25.7 Å². The molecule has 0 radical (unpaired) electrons. The Bertz CT molecular complexity index is 484. The lowest BCUT2D eigenvalue weighted by Crippen LogP contribution is -2.45. The van der Waals surface area contributed by atoms with Gasteiger partial charge >= 0.3 is 0 Å². The summed E-state index contributed by atoms with van der Waals surface area (Å²) < 4.78 is 19.3. The standard InChI is InChI=1S/C13H18FN3O3/c1-2-16-5-6-20-11(9-16)8-15-13-4-3-10(17(18)19)7-12(13)14/h3-4,7,11,15H,2,5-6,8-9H2,1H3. The van der Waals surface area contributed by atoms with Crippen molar-refractivity contribution in [3.63, 3.8) is 0 Å². The fourth-order valence-corrected chi connectivity index (χ4v) is 2.18. The Morgan fingerprint density at radius 3 is 3.05 bits per heavy atom. The molecule has 0 bridgehead atoms. The molecule has 1 unspecified atom stereocenters. The van der Waals surface area contributed by atoms with Gasteiger partial charge in [0.25, 0.3) is 5.69 Å². The van der Waals surface area contributed by atoms with Crippen LogP contribution < -0.4 is 5.32 Å². The fraction of sp³-hybridized carbons (Fsp3) is 0.538. The van der Waals surface area contributed by atoms with Crippen molar-refractivity contribution in [2.75, 3.05) is 38.1 Å². The maximum atomic E-state index is 13.7. The zero-order valence-corrected chi connectivity index (χ0v) is 11.3. The van der Waals surface area contributed by atoms with Crippen molar-refractivity contribution in [2.45, 2.75) is 13.0 Å². The summed E-state index contributed by atoms with van der Waals surface area (Å²) in [6.07, 6.45) is -0.00158. The molecule has 1 heterocycles. The molecule has 0 spiro atoms. The maximum Gasteiger partial charge on any atom is 0.272 e. The average Bonchev–Trinajstić information content (AvgIpc) is 2.46. The summed E-state index contributed by atoms with van der Waals surface area (Å²) in [5, 5.41) is 13.5. The number of hydrogen-bond donors (Lipinski definition) is 1. The van der Waals surface area contributed by atoms with Gasteiger partial charge in [-0.25, -0.2) is 4.39 Å². The van der Waals surface area contributed by atoms with Gasteiger partial charge in [-0.05, 0) is 12.6 Å². The van der Waals surface area contributed by atoms with Crippen LogP contribution in [-0.2, 0) is 4.74 Å². The van der Waals surface area contributed by atoms with Crippen molar-refractivity contribution in [3.8, 4) is 0 Å². The van der Waals surface area contributed by atoms with Crippen LogP contribution in [-0.4, -0.2) is 48.7 Å². The van der Waals surface area contributed by atoms with Gasteiger partial charge in [-0.2, -0.15) is 0 Å². The van der Waals surface area contributed by atoms with E-state index in [-0.39, 0.29) is 17.5 Å². The molecule has 0 aliphatic carbocycles. The zero-order valence-electron chi connectivity index (χ0n) is 11.3. The highest BCUT2D eigenvalue weighted by Gasteiger charge is 2.19. The molecule has 1 atom stereocenters. The number of halogens is 1. The van der Waals surface area contributed by atoms with Crippen molar-refractivity contribution in [3.05, 3.63) is 34.1 Å². The Morgan fingerprint density at radius 2 is 2.40 bits per heavy atom. The van der Waals surface area contributed by atoms with Gasteiger partial charge in [-0.3, -0.25) is 15.0 Å². The normalized spacial score (nSPS) is 19.8. The maximum absolute atomic E-state index is 13.7. The van der Waals surface area contributed by atoms with Gasteiger partial charge in [0.05, 0.1) is 29.4 Å². The number of anilines is 1. The lowest BCUT2D eigenvalue weighted by atomic mass is 10.2. The van der Waals surface area contributed by atoms with E-state index in [1.54, 1.807) is 0 Å². The van der Waals surface area contributed by atoms with Crippen LogP contribution in [0.1, 0.15) is 6.92 Å². The van der Waals surface area contributed by atoms with E-state index in [9.17, 15) is 14.5 Å². The van der Waals surface area contributed by atoms with Crippen molar-refractivity contribution < 1.29 is 14.1 Å². The van der Waals surface area contributed by atoms with Gasteiger partial charge in [0.15, 0.2) is 5.82 Å². The molecule has 1 aliphatic rings. The second-order valence-electron chi connectivity index (χ2n) is 4.69. The average molecular weight is 283 g/mol. The number of benzene rings is 1. The van der Waals surface area contributed by atoms with E-state index in [2.05, 4.69) is 17.1 Å². The molecule has 110 valence electrons. The Labute approximate surface area is 116 Å². The lowest BCUT2D eigenvalue weighted by molar-refractivity contribution is -0.385. The predicted molar refractivity (Wildman–Crippen MR) is 73.4 cm³/mol. The third-order valence-corrected chi connectivity index (χ3v) is 3.35. The number of ether oxygens (including phenoxy) is 1. The minimum Gasteiger partial charge on any atom is -0.380 e. The van der Waals surface area contributed by atoms with Crippen LogP contribution in [0, 0.1) is 15.9 Å². The zero-order chi connectivity index (χ0) is 14.5. The molecule has 1 fully saturated rings. The molecule has 0 amide bonds. The highest BCUT2D eigenvalue weighted by atomic mass is 19.1. The highest BCUT2D eigenvalue weighted by molar-refractivity contribution is 5.50. The molecule has 0 aromatic heterocycles. The van der Waals surface area contributed by atoms with E-state index < -0.39 is 10.7 Å². The number of nitrogens with zero attached hydrogens (tertiary/aromatic N) is 2. The van der Waals surface area contributed by atoms with Crippen LogP contribution in [0.2, 0.25) is 0 Å². The topological polar surface area (TPSA) is 67.6 Å². The van der Waals surface area contributed by atoms with Crippen LogP contribution in [0.15, 0.2) is 18.2 Å². The van der Waals surface area contributed by atoms with Crippen molar-refractivity contribution in [1.29, 1.82) is 0 Å². The molecule has 1 aromatic rings. The molecule has 1 aliphatic heterocycles. The monoisotopic (exact) mass is 283 g/mol. The molecule has 2 rings (SSSR count). The second kappa shape index (κ2) is 6.62. The Balaban J connectivity index is 1.92. The van der Waals surface area contributed by atoms with Gasteiger partial charge in [-0.15, -0.1) is 0 Å². The number of non-ortho nitro benzene ring substituents is 1.